The fourth-order valence-electron chi connectivity index (χ4n) is 11.6. The summed E-state index contributed by atoms with van der Waals surface area (Å²) >= 11 is 0. The Hall–Kier alpha value is -1.14. The van der Waals surface area contributed by atoms with Crippen LogP contribution >= 0.6 is 0 Å². The van der Waals surface area contributed by atoms with Crippen LogP contribution in [0.3, 0.4) is 0 Å². The van der Waals surface area contributed by atoms with Crippen molar-refractivity contribution in [3.63, 3.8) is 0 Å². The molecule has 0 spiro atoms. The van der Waals surface area contributed by atoms with Crippen molar-refractivity contribution in [2.24, 2.45) is 17.3 Å². The molecule has 0 unspecified atom stereocenters. The maximum absolute atomic E-state index is 14.3. The normalized spacial score (nSPS) is 22.2. The number of carboxylic acid groups (broad SMARTS) is 2. The van der Waals surface area contributed by atoms with Gasteiger partial charge in [-0.25, -0.2) is 0 Å². The molecule has 0 N–H and O–H groups in total. The average molecular weight is 647 g/mol. The lowest BCUT2D eigenvalue weighted by atomic mass is 9.49. The fraction of sp³-hybridized carbons (Fsp3) is 0.950. The van der Waals surface area contributed by atoms with Crippen LogP contribution in [-0.4, -0.2) is 57.0 Å². The van der Waals surface area contributed by atoms with Gasteiger partial charge in [-0.1, -0.05) is 94.9 Å². The smallest absolute Gasteiger partial charge is 0.0481 e. The zero-order valence-electron chi connectivity index (χ0n) is 32.0. The largest absolute Gasteiger partial charge is 0.550 e. The van der Waals surface area contributed by atoms with Crippen LogP contribution in [0.2, 0.25) is 0 Å². The van der Waals surface area contributed by atoms with Crippen molar-refractivity contribution >= 4 is 11.9 Å². The Morgan fingerprint density at radius 3 is 1.11 bits per heavy atom. The Kier molecular flexibility index (Phi) is 15.6. The minimum Gasteiger partial charge on any atom is -0.550 e. The van der Waals surface area contributed by atoms with Gasteiger partial charge in [0.05, 0.1) is 0 Å². The van der Waals surface area contributed by atoms with E-state index >= 15 is 0 Å². The van der Waals surface area contributed by atoms with E-state index in [0.29, 0.717) is 12.8 Å². The van der Waals surface area contributed by atoms with Crippen molar-refractivity contribution in [1.29, 1.82) is 0 Å². The Morgan fingerprint density at radius 2 is 0.848 bits per heavy atom. The SMILES string of the molecule is CCN1C(CC)(CC)CC(C(CCCCCCCC(=O)[O-])(C(=O)[O-])C2CC(CC)(CC)N(CC)C(CC)(CC)C2)CC1(CC)CC. The molecule has 6 nitrogen and oxygen atoms in total. The lowest BCUT2D eigenvalue weighted by Crippen LogP contribution is -2.71. The highest BCUT2D eigenvalue weighted by atomic mass is 16.4. The standard InChI is InChI=1S/C40H76N2O4/c1-11-36(12-2)28-32(29-37(13-3,14-4)41(36)19-9)40(35(45)46,27-25-23-21-22-24-26-34(43)44)33-30-38(15-5,16-6)42(20-10)39(17-7,18-8)31-33/h32-33H,11-31H2,1-10H3,(H,43,44)(H,45,46)/p-2. The van der Waals surface area contributed by atoms with Gasteiger partial charge in [0.25, 0.3) is 0 Å². The van der Waals surface area contributed by atoms with Crippen molar-refractivity contribution < 1.29 is 19.8 Å². The summed E-state index contributed by atoms with van der Waals surface area (Å²) in [6, 6.07) is 0. The van der Waals surface area contributed by atoms with Gasteiger partial charge in [-0.2, -0.15) is 0 Å². The van der Waals surface area contributed by atoms with Gasteiger partial charge in [-0.15, -0.1) is 0 Å². The third-order valence-corrected chi connectivity index (χ3v) is 14.5. The van der Waals surface area contributed by atoms with Crippen LogP contribution in [0.25, 0.3) is 0 Å². The predicted molar refractivity (Wildman–Crippen MR) is 188 cm³/mol. The summed E-state index contributed by atoms with van der Waals surface area (Å²) in [7, 11) is 0. The quantitative estimate of drug-likeness (QED) is 0.118. The molecule has 270 valence electrons. The van der Waals surface area contributed by atoms with Gasteiger partial charge >= 0.3 is 0 Å². The van der Waals surface area contributed by atoms with Gasteiger partial charge in [-0.3, -0.25) is 9.80 Å². The highest BCUT2D eigenvalue weighted by Crippen LogP contribution is 2.61. The van der Waals surface area contributed by atoms with Gasteiger partial charge in [-0.05, 0) is 121 Å². The molecule has 0 radical (unpaired) electrons. The Balaban J connectivity index is 2.78. The zero-order valence-corrected chi connectivity index (χ0v) is 32.0. The van der Waals surface area contributed by atoms with E-state index in [1.807, 2.05) is 0 Å². The highest BCUT2D eigenvalue weighted by molar-refractivity contribution is 5.74. The molecule has 2 aliphatic rings. The van der Waals surface area contributed by atoms with E-state index in [2.05, 4.69) is 79.0 Å². The summed E-state index contributed by atoms with van der Waals surface area (Å²) in [6.45, 7) is 25.2. The summed E-state index contributed by atoms with van der Waals surface area (Å²) in [5.74, 6) is -1.65. The van der Waals surface area contributed by atoms with E-state index in [4.69, 9.17) is 0 Å². The number of rotatable bonds is 21. The summed E-state index contributed by atoms with van der Waals surface area (Å²) in [5.41, 5.74) is -0.949. The number of unbranched alkanes of at least 4 members (excludes halogenated alkanes) is 4. The van der Waals surface area contributed by atoms with Crippen LogP contribution in [0.15, 0.2) is 0 Å². The van der Waals surface area contributed by atoms with Gasteiger partial charge in [0, 0.05) is 39.5 Å². The summed E-state index contributed by atoms with van der Waals surface area (Å²) in [6.07, 6.45) is 17.0. The number of aliphatic carboxylic acids is 2. The number of hydrogen-bond acceptors (Lipinski definition) is 6. The maximum Gasteiger partial charge on any atom is 0.0481 e. The van der Waals surface area contributed by atoms with Gasteiger partial charge in [0.15, 0.2) is 0 Å². The molecule has 0 atom stereocenters. The van der Waals surface area contributed by atoms with Crippen molar-refractivity contribution in [2.75, 3.05) is 13.1 Å². The molecule has 2 heterocycles. The van der Waals surface area contributed by atoms with Crippen molar-refractivity contribution in [3.8, 4) is 0 Å². The van der Waals surface area contributed by atoms with Gasteiger partial charge in [0.1, 0.15) is 0 Å². The molecule has 0 aromatic rings. The van der Waals surface area contributed by atoms with E-state index in [0.717, 1.165) is 116 Å². The predicted octanol–water partition coefficient (Wildman–Crippen LogP) is 7.90. The van der Waals surface area contributed by atoms with Crippen LogP contribution < -0.4 is 10.2 Å². The first-order valence-corrected chi connectivity index (χ1v) is 19.8. The number of carboxylic acids is 2. The molecule has 2 saturated heterocycles. The fourth-order valence-corrected chi connectivity index (χ4v) is 11.6. The lowest BCUT2D eigenvalue weighted by Gasteiger charge is -2.67. The van der Waals surface area contributed by atoms with Crippen molar-refractivity contribution in [2.45, 2.75) is 213 Å². The van der Waals surface area contributed by atoms with Gasteiger partial charge < -0.3 is 19.8 Å². The molecule has 6 heteroatoms. The monoisotopic (exact) mass is 647 g/mol. The number of likely N-dealkylation sites (tertiary alicyclic amines) is 2. The molecule has 46 heavy (non-hydrogen) atoms. The molecule has 2 rings (SSSR count). The molecule has 2 fully saturated rings. The summed E-state index contributed by atoms with van der Waals surface area (Å²) in [5, 5.41) is 25.3. The number of carbonyl (C=O) groups excluding carboxylic acids is 2. The first kappa shape index (κ1) is 41.0. The second-order valence-electron chi connectivity index (χ2n) is 15.4. The molecule has 0 saturated carbocycles. The lowest BCUT2D eigenvalue weighted by molar-refractivity contribution is -0.331. The van der Waals surface area contributed by atoms with E-state index in [9.17, 15) is 19.8 Å². The Labute approximate surface area is 284 Å². The zero-order chi connectivity index (χ0) is 34.8. The first-order valence-electron chi connectivity index (χ1n) is 19.8. The third-order valence-electron chi connectivity index (χ3n) is 14.5. The van der Waals surface area contributed by atoms with Gasteiger partial charge in [0.2, 0.25) is 0 Å². The van der Waals surface area contributed by atoms with Crippen LogP contribution in [0, 0.1) is 17.3 Å². The molecule has 0 aromatic carbocycles. The Bertz CT molecular complexity index is 836. The molecular weight excluding hydrogens is 572 g/mol. The number of carbonyl (C=O) groups is 2. The number of piperidine rings is 2. The molecule has 0 bridgehead atoms. The van der Waals surface area contributed by atoms with Crippen molar-refractivity contribution in [1.82, 2.24) is 9.80 Å². The van der Waals surface area contributed by atoms with E-state index in [1.54, 1.807) is 0 Å². The number of nitrogens with zero attached hydrogens (tertiary/aromatic N) is 2. The van der Waals surface area contributed by atoms with E-state index < -0.39 is 17.4 Å². The summed E-state index contributed by atoms with van der Waals surface area (Å²) < 4.78 is 0. The second kappa shape index (κ2) is 17.5. The first-order chi connectivity index (χ1) is 21.9. The Morgan fingerprint density at radius 1 is 0.543 bits per heavy atom. The molecule has 0 amide bonds. The molecule has 0 aliphatic carbocycles. The second-order valence-corrected chi connectivity index (χ2v) is 15.4. The minimum atomic E-state index is -0.982. The third kappa shape index (κ3) is 7.53. The van der Waals surface area contributed by atoms with E-state index in [1.165, 1.54) is 0 Å². The van der Waals surface area contributed by atoms with Crippen LogP contribution in [0.4, 0.5) is 0 Å². The van der Waals surface area contributed by atoms with Crippen LogP contribution in [0.1, 0.15) is 191 Å². The van der Waals surface area contributed by atoms with Crippen molar-refractivity contribution in [3.05, 3.63) is 0 Å². The molecule has 2 aliphatic heterocycles. The number of hydrogen-bond donors (Lipinski definition) is 0. The summed E-state index contributed by atoms with van der Waals surface area (Å²) in [4.78, 5) is 30.9. The van der Waals surface area contributed by atoms with E-state index in [-0.39, 0.29) is 40.4 Å². The maximum atomic E-state index is 14.3. The molecular formula is C40H74N2O4-2. The topological polar surface area (TPSA) is 86.7 Å². The average Bonchev–Trinajstić information content (AvgIpc) is 3.07. The van der Waals surface area contributed by atoms with Crippen LogP contribution in [0.5, 0.6) is 0 Å². The minimum absolute atomic E-state index is 0.0153. The highest BCUT2D eigenvalue weighted by Gasteiger charge is 2.61. The molecule has 0 aromatic heterocycles. The van der Waals surface area contributed by atoms with Crippen LogP contribution in [-0.2, 0) is 9.59 Å².